The summed E-state index contributed by atoms with van der Waals surface area (Å²) < 4.78 is 8.12. The Kier molecular flexibility index (Phi) is 5.15. The molecule has 3 nitrogen and oxygen atoms in total. The molecule has 1 aliphatic rings. The summed E-state index contributed by atoms with van der Waals surface area (Å²) in [5, 5.41) is 0. The van der Waals surface area contributed by atoms with Gasteiger partial charge in [0.05, 0.1) is 6.10 Å². The van der Waals surface area contributed by atoms with E-state index < -0.39 is 0 Å². The van der Waals surface area contributed by atoms with Crippen LogP contribution >= 0.6 is 0 Å². The number of hydrogen-bond acceptors (Lipinski definition) is 2. The van der Waals surface area contributed by atoms with Gasteiger partial charge in [0.15, 0.2) is 0 Å². The van der Waals surface area contributed by atoms with E-state index in [9.17, 15) is 0 Å². The summed E-state index contributed by atoms with van der Waals surface area (Å²) in [4.78, 5) is 0. The average Bonchev–Trinajstić information content (AvgIpc) is 2.65. The van der Waals surface area contributed by atoms with Crippen LogP contribution in [0.1, 0.15) is 70.0 Å². The first kappa shape index (κ1) is 16.6. The van der Waals surface area contributed by atoms with E-state index in [-0.39, 0.29) is 6.04 Å². The number of ether oxygens (including phenoxy) is 1. The molecule has 0 bridgehead atoms. The zero-order chi connectivity index (χ0) is 15.6. The number of aromatic nitrogens is 1. The van der Waals surface area contributed by atoms with E-state index in [0.717, 1.165) is 32.4 Å². The Morgan fingerprint density at radius 3 is 2.76 bits per heavy atom. The fourth-order valence-corrected chi connectivity index (χ4v) is 3.51. The maximum atomic E-state index is 6.38. The fourth-order valence-electron chi connectivity index (χ4n) is 3.51. The molecule has 3 heteroatoms. The average molecular weight is 292 g/mol. The Hall–Kier alpha value is -0.800. The second-order valence-electron chi connectivity index (χ2n) is 7.62. The van der Waals surface area contributed by atoms with E-state index >= 15 is 0 Å². The molecule has 1 atom stereocenters. The third-order valence-corrected chi connectivity index (χ3v) is 4.49. The number of aryl methyl sites for hydroxylation is 1. The lowest BCUT2D eigenvalue weighted by Gasteiger charge is -2.34. The number of nitrogens with two attached hydrogens (primary N) is 1. The number of unbranched alkanes of at least 4 members (excludes halogenated alkanes) is 1. The molecule has 1 heterocycles. The molecule has 0 aliphatic heterocycles. The molecule has 2 rings (SSSR count). The van der Waals surface area contributed by atoms with Gasteiger partial charge in [-0.15, -0.1) is 0 Å². The Bertz CT molecular complexity index is 474. The molecule has 1 aliphatic carbocycles. The number of hydrogen-bond donors (Lipinski definition) is 1. The van der Waals surface area contributed by atoms with Crippen LogP contribution in [0.15, 0.2) is 6.07 Å². The summed E-state index contributed by atoms with van der Waals surface area (Å²) in [5.41, 5.74) is 10.9. The van der Waals surface area contributed by atoms with Gasteiger partial charge in [0.2, 0.25) is 0 Å². The van der Waals surface area contributed by atoms with Gasteiger partial charge >= 0.3 is 0 Å². The Labute approximate surface area is 129 Å². The van der Waals surface area contributed by atoms with Gasteiger partial charge in [-0.3, -0.25) is 0 Å². The van der Waals surface area contributed by atoms with Gasteiger partial charge in [0.1, 0.15) is 0 Å². The Morgan fingerprint density at radius 2 is 2.10 bits per heavy atom. The summed E-state index contributed by atoms with van der Waals surface area (Å²) in [6.45, 7) is 13.0. The van der Waals surface area contributed by atoms with E-state index in [1.165, 1.54) is 23.4 Å². The highest BCUT2D eigenvalue weighted by Crippen LogP contribution is 2.40. The quantitative estimate of drug-likeness (QED) is 0.806. The van der Waals surface area contributed by atoms with Crippen molar-refractivity contribution in [3.63, 3.8) is 0 Å². The van der Waals surface area contributed by atoms with Crippen LogP contribution in [-0.2, 0) is 17.7 Å². The van der Waals surface area contributed by atoms with Crippen LogP contribution < -0.4 is 5.73 Å². The van der Waals surface area contributed by atoms with Gasteiger partial charge in [0, 0.05) is 30.6 Å². The summed E-state index contributed by atoms with van der Waals surface area (Å²) >= 11 is 0. The van der Waals surface area contributed by atoms with Crippen molar-refractivity contribution in [3.05, 3.63) is 23.0 Å². The highest BCUT2D eigenvalue weighted by molar-refractivity contribution is 5.34. The summed E-state index contributed by atoms with van der Waals surface area (Å²) in [6, 6.07) is 2.51. The second kappa shape index (κ2) is 6.53. The van der Waals surface area contributed by atoms with Crippen molar-refractivity contribution in [1.29, 1.82) is 0 Å². The van der Waals surface area contributed by atoms with Gasteiger partial charge in [-0.05, 0) is 63.5 Å². The van der Waals surface area contributed by atoms with Crippen molar-refractivity contribution in [2.45, 2.75) is 79.0 Å². The lowest BCUT2D eigenvalue weighted by molar-refractivity contribution is 0.0753. The van der Waals surface area contributed by atoms with Gasteiger partial charge < -0.3 is 15.0 Å². The zero-order valence-corrected chi connectivity index (χ0v) is 14.4. The summed E-state index contributed by atoms with van der Waals surface area (Å²) in [5.74, 6) is 0. The maximum Gasteiger partial charge on any atom is 0.0518 e. The molecule has 0 amide bonds. The predicted molar refractivity (Wildman–Crippen MR) is 88.5 cm³/mol. The van der Waals surface area contributed by atoms with Gasteiger partial charge in [-0.2, -0.15) is 0 Å². The molecular formula is C18H32N2O. The molecule has 1 aromatic rings. The molecule has 21 heavy (non-hydrogen) atoms. The van der Waals surface area contributed by atoms with Crippen molar-refractivity contribution < 1.29 is 4.74 Å². The van der Waals surface area contributed by atoms with E-state index in [4.69, 9.17) is 10.5 Å². The van der Waals surface area contributed by atoms with Gasteiger partial charge in [0.25, 0.3) is 0 Å². The van der Waals surface area contributed by atoms with Crippen molar-refractivity contribution >= 4 is 0 Å². The molecule has 0 saturated heterocycles. The van der Waals surface area contributed by atoms with Crippen molar-refractivity contribution in [3.8, 4) is 0 Å². The molecule has 1 aromatic heterocycles. The van der Waals surface area contributed by atoms with Crippen molar-refractivity contribution in [2.75, 3.05) is 6.61 Å². The predicted octanol–water partition coefficient (Wildman–Crippen LogP) is 3.97. The summed E-state index contributed by atoms with van der Waals surface area (Å²) in [6.07, 6.45) is 4.87. The first-order valence-electron chi connectivity index (χ1n) is 8.36. The van der Waals surface area contributed by atoms with Crippen LogP contribution in [0.2, 0.25) is 0 Å². The molecule has 0 fully saturated rings. The molecule has 120 valence electrons. The van der Waals surface area contributed by atoms with Gasteiger partial charge in [-0.1, -0.05) is 13.8 Å². The van der Waals surface area contributed by atoms with Crippen LogP contribution in [0.25, 0.3) is 0 Å². The lowest BCUT2D eigenvalue weighted by Crippen LogP contribution is -2.30. The number of fused-ring (bicyclic) bond motifs is 1. The van der Waals surface area contributed by atoms with Crippen molar-refractivity contribution in [1.82, 2.24) is 4.57 Å². The topological polar surface area (TPSA) is 40.2 Å². The first-order chi connectivity index (χ1) is 9.80. The highest BCUT2D eigenvalue weighted by atomic mass is 16.5. The van der Waals surface area contributed by atoms with Crippen LogP contribution in [0.5, 0.6) is 0 Å². The number of rotatable bonds is 6. The van der Waals surface area contributed by atoms with E-state index in [0.29, 0.717) is 11.5 Å². The maximum absolute atomic E-state index is 6.38. The first-order valence-corrected chi connectivity index (χ1v) is 8.36. The molecular weight excluding hydrogens is 260 g/mol. The van der Waals surface area contributed by atoms with Crippen LogP contribution in [0, 0.1) is 12.3 Å². The van der Waals surface area contributed by atoms with E-state index in [1.54, 1.807) is 0 Å². The molecule has 2 N–H and O–H groups in total. The highest BCUT2D eigenvalue weighted by Gasteiger charge is 2.33. The molecule has 0 aromatic carbocycles. The minimum atomic E-state index is 0.202. The largest absolute Gasteiger partial charge is 0.379 e. The SMILES string of the molecule is Cc1cc2c(n1CCCCOC(C)C)CC(C)(C)CC2N. The van der Waals surface area contributed by atoms with Crippen molar-refractivity contribution in [2.24, 2.45) is 11.1 Å². The number of nitrogens with zero attached hydrogens (tertiary/aromatic N) is 1. The van der Waals surface area contributed by atoms with Crippen LogP contribution in [-0.4, -0.2) is 17.3 Å². The standard InChI is InChI=1S/C18H32N2O/c1-13(2)21-9-7-6-8-20-14(3)10-15-16(19)11-18(4,5)12-17(15)20/h10,13,16H,6-9,11-12,19H2,1-5H3. The van der Waals surface area contributed by atoms with E-state index in [2.05, 4.69) is 45.3 Å². The normalized spacial score (nSPS) is 20.8. The van der Waals surface area contributed by atoms with Gasteiger partial charge in [-0.25, -0.2) is 0 Å². The van der Waals surface area contributed by atoms with Crippen LogP contribution in [0.4, 0.5) is 0 Å². The molecule has 0 spiro atoms. The third-order valence-electron chi connectivity index (χ3n) is 4.49. The van der Waals surface area contributed by atoms with E-state index in [1.807, 2.05) is 0 Å². The summed E-state index contributed by atoms with van der Waals surface area (Å²) in [7, 11) is 0. The fraction of sp³-hybridized carbons (Fsp3) is 0.778. The third kappa shape index (κ3) is 4.10. The smallest absolute Gasteiger partial charge is 0.0518 e. The van der Waals surface area contributed by atoms with Crippen LogP contribution in [0.3, 0.4) is 0 Å². The second-order valence-corrected chi connectivity index (χ2v) is 7.62. The molecule has 1 unspecified atom stereocenters. The molecule has 0 saturated carbocycles. The lowest BCUT2D eigenvalue weighted by atomic mass is 9.74. The Morgan fingerprint density at radius 1 is 1.38 bits per heavy atom. The Balaban J connectivity index is 2.01. The minimum Gasteiger partial charge on any atom is -0.379 e. The minimum absolute atomic E-state index is 0.202. The zero-order valence-electron chi connectivity index (χ0n) is 14.4. The molecule has 0 radical (unpaired) electrons. The monoisotopic (exact) mass is 292 g/mol.